The van der Waals surface area contributed by atoms with E-state index in [1.54, 1.807) is 0 Å². The minimum Gasteiger partial charge on any atom is -0.484 e. The Labute approximate surface area is 150 Å². The highest BCUT2D eigenvalue weighted by atomic mass is 16.5. The smallest absolute Gasteiger partial charge is 0.260 e. The van der Waals surface area contributed by atoms with Crippen LogP contribution in [0.5, 0.6) is 5.75 Å². The number of benzene rings is 2. The maximum Gasteiger partial charge on any atom is 0.260 e. The highest BCUT2D eigenvalue weighted by molar-refractivity contribution is 5.78. The van der Waals surface area contributed by atoms with Gasteiger partial charge in [0.2, 0.25) is 0 Å². The van der Waals surface area contributed by atoms with Crippen LogP contribution < -0.4 is 4.74 Å². The molecule has 0 unspecified atom stereocenters. The molecule has 132 valence electrons. The van der Waals surface area contributed by atoms with Crippen molar-refractivity contribution < 1.29 is 9.53 Å². The first-order valence-corrected chi connectivity index (χ1v) is 8.86. The van der Waals surface area contributed by atoms with Gasteiger partial charge < -0.3 is 9.64 Å². The predicted molar refractivity (Wildman–Crippen MR) is 99.7 cm³/mol. The molecular formula is C21H26N2O2. The molecule has 0 N–H and O–H groups in total. The highest BCUT2D eigenvalue weighted by Gasteiger charge is 2.21. The maximum absolute atomic E-state index is 12.4. The monoisotopic (exact) mass is 338 g/mol. The minimum atomic E-state index is 0.0688. The van der Waals surface area contributed by atoms with Crippen LogP contribution in [0.2, 0.25) is 0 Å². The lowest BCUT2D eigenvalue weighted by atomic mass is 10.1. The van der Waals surface area contributed by atoms with Gasteiger partial charge in [0.25, 0.3) is 5.91 Å². The van der Waals surface area contributed by atoms with Crippen LogP contribution in [0.15, 0.2) is 48.5 Å². The average molecular weight is 338 g/mol. The van der Waals surface area contributed by atoms with E-state index in [0.29, 0.717) is 0 Å². The molecule has 0 aromatic heterocycles. The van der Waals surface area contributed by atoms with Crippen LogP contribution in [-0.4, -0.2) is 48.5 Å². The average Bonchev–Trinajstić information content (AvgIpc) is 2.62. The summed E-state index contributed by atoms with van der Waals surface area (Å²) in [6.07, 6.45) is 0. The van der Waals surface area contributed by atoms with E-state index in [0.717, 1.165) is 44.0 Å². The molecule has 4 heteroatoms. The first kappa shape index (κ1) is 17.5. The van der Waals surface area contributed by atoms with Crippen LogP contribution in [0.4, 0.5) is 0 Å². The fourth-order valence-electron chi connectivity index (χ4n) is 3.19. The van der Waals surface area contributed by atoms with Gasteiger partial charge in [0.1, 0.15) is 5.75 Å². The first-order chi connectivity index (χ1) is 12.1. The van der Waals surface area contributed by atoms with Crippen LogP contribution >= 0.6 is 0 Å². The molecule has 1 aliphatic rings. The second kappa shape index (κ2) is 8.17. The van der Waals surface area contributed by atoms with E-state index in [9.17, 15) is 4.79 Å². The van der Waals surface area contributed by atoms with E-state index in [4.69, 9.17) is 4.74 Å². The van der Waals surface area contributed by atoms with Crippen molar-refractivity contribution in [2.24, 2.45) is 0 Å². The summed E-state index contributed by atoms with van der Waals surface area (Å²) in [4.78, 5) is 16.7. The van der Waals surface area contributed by atoms with Crippen LogP contribution in [-0.2, 0) is 11.3 Å². The van der Waals surface area contributed by atoms with Gasteiger partial charge in [-0.1, -0.05) is 48.0 Å². The van der Waals surface area contributed by atoms with Gasteiger partial charge in [-0.15, -0.1) is 0 Å². The maximum atomic E-state index is 12.4. The second-order valence-corrected chi connectivity index (χ2v) is 6.70. The summed E-state index contributed by atoms with van der Waals surface area (Å²) >= 11 is 0. The first-order valence-electron chi connectivity index (χ1n) is 8.86. The van der Waals surface area contributed by atoms with E-state index in [1.165, 1.54) is 11.1 Å². The van der Waals surface area contributed by atoms with Gasteiger partial charge in [0.05, 0.1) is 0 Å². The zero-order valence-electron chi connectivity index (χ0n) is 15.1. The predicted octanol–water partition coefficient (Wildman–Crippen LogP) is 3.03. The van der Waals surface area contributed by atoms with Gasteiger partial charge in [-0.2, -0.15) is 0 Å². The van der Waals surface area contributed by atoms with Gasteiger partial charge in [0.15, 0.2) is 6.61 Å². The standard InChI is InChI=1S/C21H26N2O2/c1-17-8-9-20(18(2)14-17)25-16-21(24)23-12-10-22(11-13-23)15-19-6-4-3-5-7-19/h3-9,14H,10-13,15-16H2,1-2H3. The van der Waals surface area contributed by atoms with Crippen molar-refractivity contribution in [3.8, 4) is 5.75 Å². The van der Waals surface area contributed by atoms with Crippen LogP contribution in [0.25, 0.3) is 0 Å². The SMILES string of the molecule is Cc1ccc(OCC(=O)N2CCN(Cc3ccccc3)CC2)c(C)c1. The van der Waals surface area contributed by atoms with Gasteiger partial charge >= 0.3 is 0 Å². The number of carbonyl (C=O) groups is 1. The fourth-order valence-corrected chi connectivity index (χ4v) is 3.19. The summed E-state index contributed by atoms with van der Waals surface area (Å²) in [7, 11) is 0. The third-order valence-electron chi connectivity index (χ3n) is 4.66. The number of aryl methyl sites for hydroxylation is 2. The van der Waals surface area contributed by atoms with Crippen molar-refractivity contribution in [1.29, 1.82) is 0 Å². The molecule has 1 amide bonds. The lowest BCUT2D eigenvalue weighted by Crippen LogP contribution is -2.49. The Bertz CT molecular complexity index is 707. The third-order valence-corrected chi connectivity index (χ3v) is 4.66. The fraction of sp³-hybridized carbons (Fsp3) is 0.381. The van der Waals surface area contributed by atoms with Crippen molar-refractivity contribution in [1.82, 2.24) is 9.80 Å². The Balaban J connectivity index is 1.45. The van der Waals surface area contributed by atoms with Gasteiger partial charge in [0, 0.05) is 32.7 Å². The van der Waals surface area contributed by atoms with Crippen LogP contribution in [0.1, 0.15) is 16.7 Å². The summed E-state index contributed by atoms with van der Waals surface area (Å²) < 4.78 is 5.72. The zero-order valence-corrected chi connectivity index (χ0v) is 15.1. The van der Waals surface area contributed by atoms with Gasteiger partial charge in [-0.25, -0.2) is 0 Å². The van der Waals surface area contributed by atoms with E-state index in [1.807, 2.05) is 30.0 Å². The highest BCUT2D eigenvalue weighted by Crippen LogP contribution is 2.19. The molecule has 0 saturated carbocycles. The Hall–Kier alpha value is -2.33. The summed E-state index contributed by atoms with van der Waals surface area (Å²) in [6.45, 7) is 8.47. The number of rotatable bonds is 5. The van der Waals surface area contributed by atoms with Gasteiger partial charge in [-0.05, 0) is 31.0 Å². The molecule has 4 nitrogen and oxygen atoms in total. The Morgan fingerprint density at radius 3 is 2.40 bits per heavy atom. The number of carbonyl (C=O) groups excluding carboxylic acids is 1. The topological polar surface area (TPSA) is 32.8 Å². The third kappa shape index (κ3) is 4.83. The number of nitrogens with zero attached hydrogens (tertiary/aromatic N) is 2. The van der Waals surface area contributed by atoms with Crippen molar-refractivity contribution in [3.63, 3.8) is 0 Å². The molecule has 2 aromatic rings. The molecule has 0 spiro atoms. The normalized spacial score (nSPS) is 15.2. The lowest BCUT2D eigenvalue weighted by Gasteiger charge is -2.34. The summed E-state index contributed by atoms with van der Waals surface area (Å²) in [6, 6.07) is 16.5. The molecule has 25 heavy (non-hydrogen) atoms. The van der Waals surface area contributed by atoms with E-state index < -0.39 is 0 Å². The number of ether oxygens (including phenoxy) is 1. The van der Waals surface area contributed by atoms with Crippen molar-refractivity contribution in [2.45, 2.75) is 20.4 Å². The van der Waals surface area contributed by atoms with Crippen molar-refractivity contribution in [2.75, 3.05) is 32.8 Å². The summed E-state index contributed by atoms with van der Waals surface area (Å²) in [5, 5.41) is 0. The van der Waals surface area contributed by atoms with Gasteiger partial charge in [-0.3, -0.25) is 9.69 Å². The number of amides is 1. The number of hydrogen-bond donors (Lipinski definition) is 0. The summed E-state index contributed by atoms with van der Waals surface area (Å²) in [5.74, 6) is 0.862. The second-order valence-electron chi connectivity index (χ2n) is 6.70. The van der Waals surface area contributed by atoms with E-state index >= 15 is 0 Å². The molecular weight excluding hydrogens is 312 g/mol. The molecule has 3 rings (SSSR count). The number of piperazine rings is 1. The van der Waals surface area contributed by atoms with Crippen LogP contribution in [0, 0.1) is 13.8 Å². The molecule has 0 bridgehead atoms. The lowest BCUT2D eigenvalue weighted by molar-refractivity contribution is -0.135. The quantitative estimate of drug-likeness (QED) is 0.840. The van der Waals surface area contributed by atoms with E-state index in [-0.39, 0.29) is 12.5 Å². The molecule has 1 saturated heterocycles. The van der Waals surface area contributed by atoms with Crippen molar-refractivity contribution >= 4 is 5.91 Å². The largest absolute Gasteiger partial charge is 0.484 e. The molecule has 1 fully saturated rings. The molecule has 0 aliphatic carbocycles. The van der Waals surface area contributed by atoms with Crippen LogP contribution in [0.3, 0.4) is 0 Å². The molecule has 2 aromatic carbocycles. The Morgan fingerprint density at radius 1 is 1.00 bits per heavy atom. The van der Waals surface area contributed by atoms with Crippen molar-refractivity contribution in [3.05, 3.63) is 65.2 Å². The zero-order chi connectivity index (χ0) is 17.6. The summed E-state index contributed by atoms with van der Waals surface area (Å²) in [5.41, 5.74) is 3.59. The molecule has 0 atom stereocenters. The minimum absolute atomic E-state index is 0.0688. The molecule has 0 radical (unpaired) electrons. The van der Waals surface area contributed by atoms with E-state index in [2.05, 4.69) is 42.2 Å². The molecule has 1 heterocycles. The number of hydrogen-bond acceptors (Lipinski definition) is 3. The Kier molecular flexibility index (Phi) is 5.71. The Morgan fingerprint density at radius 2 is 1.72 bits per heavy atom. The molecule has 1 aliphatic heterocycles.